The number of hydrogen-bond acceptors (Lipinski definition) is 4. The van der Waals surface area contributed by atoms with E-state index < -0.39 is 0 Å². The fourth-order valence-corrected chi connectivity index (χ4v) is 3.98. The summed E-state index contributed by atoms with van der Waals surface area (Å²) < 4.78 is 7.11. The van der Waals surface area contributed by atoms with Crippen molar-refractivity contribution >= 4 is 55.2 Å². The molecule has 2 aromatic rings. The molecule has 0 bridgehead atoms. The number of amides is 1. The minimum Gasteiger partial charge on any atom is -0.496 e. The Hall–Kier alpha value is -1.31. The van der Waals surface area contributed by atoms with Crippen LogP contribution in [0.4, 0.5) is 0 Å². The van der Waals surface area contributed by atoms with E-state index in [9.17, 15) is 4.79 Å². The second-order valence-corrected chi connectivity index (χ2v) is 7.86. The molecule has 0 aliphatic rings. The largest absolute Gasteiger partial charge is 0.496 e. The molecule has 0 saturated heterocycles. The molecule has 0 saturated carbocycles. The number of carbonyl (C=O) groups excluding carboxylic acids is 1. The SMILES string of the molecule is COc1ccc(/C(C)=N\NC(=O)CSCc2ccccc2Br)cc1Br. The number of ether oxygens (including phenoxy) is 1. The quantitative estimate of drug-likeness (QED) is 0.443. The summed E-state index contributed by atoms with van der Waals surface area (Å²) in [6, 6.07) is 13.7. The van der Waals surface area contributed by atoms with Crippen LogP contribution in [0.3, 0.4) is 0 Å². The van der Waals surface area contributed by atoms with E-state index in [1.165, 1.54) is 5.56 Å². The Bertz CT molecular complexity index is 781. The molecule has 0 heterocycles. The summed E-state index contributed by atoms with van der Waals surface area (Å²) in [5.74, 6) is 1.75. The van der Waals surface area contributed by atoms with Crippen molar-refractivity contribution in [2.75, 3.05) is 12.9 Å². The van der Waals surface area contributed by atoms with Crippen molar-refractivity contribution < 1.29 is 9.53 Å². The maximum Gasteiger partial charge on any atom is 0.250 e. The number of hydrogen-bond donors (Lipinski definition) is 1. The smallest absolute Gasteiger partial charge is 0.250 e. The molecule has 2 aromatic carbocycles. The highest BCUT2D eigenvalue weighted by Gasteiger charge is 2.06. The molecular weight excluding hydrogens is 468 g/mol. The van der Waals surface area contributed by atoms with Gasteiger partial charge >= 0.3 is 0 Å². The van der Waals surface area contributed by atoms with E-state index >= 15 is 0 Å². The van der Waals surface area contributed by atoms with E-state index in [1.54, 1.807) is 18.9 Å². The first-order chi connectivity index (χ1) is 12.0. The molecule has 1 amide bonds. The van der Waals surface area contributed by atoms with Gasteiger partial charge in [0, 0.05) is 10.2 Å². The molecule has 1 N–H and O–H groups in total. The third-order valence-electron chi connectivity index (χ3n) is 3.37. The summed E-state index contributed by atoms with van der Waals surface area (Å²) >= 11 is 8.50. The molecule has 7 heteroatoms. The van der Waals surface area contributed by atoms with Gasteiger partial charge in [0.2, 0.25) is 5.91 Å². The first kappa shape index (κ1) is 20.0. The highest BCUT2D eigenvalue weighted by atomic mass is 79.9. The minimum absolute atomic E-state index is 0.121. The molecule has 132 valence electrons. The maximum absolute atomic E-state index is 11.9. The van der Waals surface area contributed by atoms with E-state index in [0.717, 1.165) is 31.7 Å². The van der Waals surface area contributed by atoms with Gasteiger partial charge in [-0.2, -0.15) is 5.10 Å². The average Bonchev–Trinajstić information content (AvgIpc) is 2.61. The van der Waals surface area contributed by atoms with Gasteiger partial charge in [0.05, 0.1) is 23.0 Å². The number of halogens is 2. The van der Waals surface area contributed by atoms with Crippen LogP contribution in [0.15, 0.2) is 56.5 Å². The molecule has 0 unspecified atom stereocenters. The van der Waals surface area contributed by atoms with Gasteiger partial charge in [-0.3, -0.25) is 4.79 Å². The van der Waals surface area contributed by atoms with Crippen LogP contribution < -0.4 is 10.2 Å². The normalized spacial score (nSPS) is 11.3. The van der Waals surface area contributed by atoms with Crippen LogP contribution in [0.5, 0.6) is 5.75 Å². The van der Waals surface area contributed by atoms with Crippen LogP contribution in [-0.4, -0.2) is 24.5 Å². The Morgan fingerprint density at radius 3 is 2.64 bits per heavy atom. The van der Waals surface area contributed by atoms with Gasteiger partial charge in [-0.1, -0.05) is 34.1 Å². The lowest BCUT2D eigenvalue weighted by molar-refractivity contribution is -0.118. The summed E-state index contributed by atoms with van der Waals surface area (Å²) in [6.45, 7) is 1.85. The molecule has 0 aliphatic heterocycles. The van der Waals surface area contributed by atoms with Gasteiger partial charge < -0.3 is 4.74 Å². The topological polar surface area (TPSA) is 50.7 Å². The van der Waals surface area contributed by atoms with Crippen LogP contribution in [0.2, 0.25) is 0 Å². The lowest BCUT2D eigenvalue weighted by atomic mass is 10.1. The van der Waals surface area contributed by atoms with Gasteiger partial charge in [0.15, 0.2) is 0 Å². The Labute approximate surface area is 168 Å². The molecule has 4 nitrogen and oxygen atoms in total. The number of benzene rings is 2. The Morgan fingerprint density at radius 1 is 1.20 bits per heavy atom. The van der Waals surface area contributed by atoms with E-state index in [1.807, 2.05) is 49.4 Å². The van der Waals surface area contributed by atoms with E-state index in [-0.39, 0.29) is 5.91 Å². The van der Waals surface area contributed by atoms with Crippen molar-refractivity contribution in [2.45, 2.75) is 12.7 Å². The van der Waals surface area contributed by atoms with Gasteiger partial charge in [-0.05, 0) is 58.2 Å². The van der Waals surface area contributed by atoms with E-state index in [4.69, 9.17) is 4.74 Å². The monoisotopic (exact) mass is 484 g/mol. The van der Waals surface area contributed by atoms with Gasteiger partial charge in [0.1, 0.15) is 5.75 Å². The predicted octanol–water partition coefficient (Wildman–Crippen LogP) is 4.99. The van der Waals surface area contributed by atoms with Crippen molar-refractivity contribution in [1.82, 2.24) is 5.43 Å². The van der Waals surface area contributed by atoms with Crippen LogP contribution in [0.25, 0.3) is 0 Å². The van der Waals surface area contributed by atoms with Crippen LogP contribution in [0, 0.1) is 0 Å². The highest BCUT2D eigenvalue weighted by molar-refractivity contribution is 9.10. The maximum atomic E-state index is 11.9. The van der Waals surface area contributed by atoms with Gasteiger partial charge in [0.25, 0.3) is 0 Å². The summed E-state index contributed by atoms with van der Waals surface area (Å²) in [5, 5.41) is 4.17. The number of nitrogens with one attached hydrogen (secondary N) is 1. The zero-order valence-corrected chi connectivity index (χ0v) is 17.9. The van der Waals surface area contributed by atoms with Gasteiger partial charge in [-0.25, -0.2) is 5.43 Å². The van der Waals surface area contributed by atoms with Crippen molar-refractivity contribution in [3.05, 3.63) is 62.5 Å². The zero-order valence-electron chi connectivity index (χ0n) is 13.9. The van der Waals surface area contributed by atoms with Crippen molar-refractivity contribution in [1.29, 1.82) is 0 Å². The number of nitrogens with zero attached hydrogens (tertiary/aromatic N) is 1. The molecule has 0 aliphatic carbocycles. The molecule has 0 fully saturated rings. The number of methoxy groups -OCH3 is 1. The lowest BCUT2D eigenvalue weighted by Gasteiger charge is -2.07. The van der Waals surface area contributed by atoms with Crippen LogP contribution in [0.1, 0.15) is 18.1 Å². The summed E-state index contributed by atoms with van der Waals surface area (Å²) in [5.41, 5.74) is 5.41. The molecule has 0 atom stereocenters. The first-order valence-corrected chi connectivity index (χ1v) is 10.2. The third-order valence-corrected chi connectivity index (χ3v) is 5.74. The second-order valence-electron chi connectivity index (χ2n) is 5.17. The van der Waals surface area contributed by atoms with Crippen molar-refractivity contribution in [3.8, 4) is 5.75 Å². The first-order valence-electron chi connectivity index (χ1n) is 7.49. The fourth-order valence-electron chi connectivity index (χ4n) is 2.00. The van der Waals surface area contributed by atoms with E-state index in [2.05, 4.69) is 42.4 Å². The third kappa shape index (κ3) is 6.17. The summed E-state index contributed by atoms with van der Waals surface area (Å²) in [6.07, 6.45) is 0. The Balaban J connectivity index is 1.85. The van der Waals surface area contributed by atoms with Gasteiger partial charge in [-0.15, -0.1) is 11.8 Å². The fraction of sp³-hybridized carbons (Fsp3) is 0.222. The molecule has 25 heavy (non-hydrogen) atoms. The second kappa shape index (κ2) is 9.99. The van der Waals surface area contributed by atoms with E-state index in [0.29, 0.717) is 5.75 Å². The Morgan fingerprint density at radius 2 is 1.96 bits per heavy atom. The van der Waals surface area contributed by atoms with Crippen molar-refractivity contribution in [2.24, 2.45) is 5.10 Å². The summed E-state index contributed by atoms with van der Waals surface area (Å²) in [7, 11) is 1.62. The molecular formula is C18H18Br2N2O2S. The number of rotatable bonds is 7. The lowest BCUT2D eigenvalue weighted by Crippen LogP contribution is -2.21. The summed E-state index contributed by atoms with van der Waals surface area (Å²) in [4.78, 5) is 11.9. The molecule has 0 radical (unpaired) electrons. The van der Waals surface area contributed by atoms with Crippen LogP contribution in [-0.2, 0) is 10.5 Å². The highest BCUT2D eigenvalue weighted by Crippen LogP contribution is 2.25. The zero-order chi connectivity index (χ0) is 18.2. The molecule has 2 rings (SSSR count). The molecule has 0 aromatic heterocycles. The Kier molecular flexibility index (Phi) is 7.99. The predicted molar refractivity (Wildman–Crippen MR) is 111 cm³/mol. The minimum atomic E-state index is -0.121. The number of hydrazone groups is 1. The van der Waals surface area contributed by atoms with Crippen LogP contribution >= 0.6 is 43.6 Å². The standard InChI is InChI=1S/C18H18Br2N2O2S/c1-12(13-7-8-17(24-2)16(20)9-13)21-22-18(23)11-25-10-14-5-3-4-6-15(14)19/h3-9H,10-11H2,1-2H3,(H,22,23)/b21-12-. The van der Waals surface area contributed by atoms with Crippen molar-refractivity contribution in [3.63, 3.8) is 0 Å². The average molecular weight is 486 g/mol. The molecule has 0 spiro atoms. The number of carbonyl (C=O) groups is 1. The number of thioether (sulfide) groups is 1.